The molecule has 0 aromatic rings. The lowest BCUT2D eigenvalue weighted by Gasteiger charge is -2.27. The molecule has 5 atom stereocenters. The molecule has 0 radical (unpaired) electrons. The first-order valence-electron chi connectivity index (χ1n) is 9.26. The number of carboxylic acids is 1. The second-order valence-electron chi connectivity index (χ2n) is 7.28. The number of hydrogen-bond acceptors (Lipinski definition) is 8. The van der Waals surface area contributed by atoms with Crippen molar-refractivity contribution < 1.29 is 34.2 Å². The van der Waals surface area contributed by atoms with E-state index in [4.69, 9.17) is 16.6 Å². The highest BCUT2D eigenvalue weighted by Gasteiger charge is 2.32. The first-order valence-corrected chi connectivity index (χ1v) is 9.90. The number of amides is 4. The summed E-state index contributed by atoms with van der Waals surface area (Å²) in [6.45, 7) is 4.82. The molecule has 0 bridgehead atoms. The molecule has 0 rings (SSSR count). The Bertz CT molecular complexity index is 644. The van der Waals surface area contributed by atoms with Crippen LogP contribution < -0.4 is 27.4 Å². The molecule has 172 valence electrons. The van der Waals surface area contributed by atoms with E-state index in [-0.39, 0.29) is 18.1 Å². The van der Waals surface area contributed by atoms with Gasteiger partial charge in [-0.3, -0.25) is 19.2 Å². The van der Waals surface area contributed by atoms with Crippen molar-refractivity contribution in [3.63, 3.8) is 0 Å². The predicted molar refractivity (Wildman–Crippen MR) is 110 cm³/mol. The minimum absolute atomic E-state index is 0.0519. The van der Waals surface area contributed by atoms with E-state index >= 15 is 0 Å². The quantitative estimate of drug-likeness (QED) is 0.136. The number of aliphatic hydroxyl groups excluding tert-OH is 1. The van der Waals surface area contributed by atoms with E-state index in [1.54, 1.807) is 13.8 Å². The van der Waals surface area contributed by atoms with Crippen LogP contribution in [0.3, 0.4) is 0 Å². The highest BCUT2D eigenvalue weighted by molar-refractivity contribution is 7.80. The number of carbonyl (C=O) groups is 5. The molecule has 4 amide bonds. The van der Waals surface area contributed by atoms with Gasteiger partial charge in [0.15, 0.2) is 0 Å². The Morgan fingerprint density at radius 2 is 1.47 bits per heavy atom. The third kappa shape index (κ3) is 9.89. The van der Waals surface area contributed by atoms with E-state index in [1.165, 1.54) is 6.92 Å². The molecule has 5 unspecified atom stereocenters. The second-order valence-corrected chi connectivity index (χ2v) is 7.64. The number of aliphatic hydroxyl groups is 1. The number of hydrogen-bond donors (Lipinski definition) is 8. The molecule has 0 aromatic heterocycles. The number of primary amides is 1. The molecule has 0 spiro atoms. The zero-order valence-corrected chi connectivity index (χ0v) is 18.0. The highest BCUT2D eigenvalue weighted by Crippen LogP contribution is 2.07. The summed E-state index contributed by atoms with van der Waals surface area (Å²) in [5.41, 5.74) is 10.5. The number of carbonyl (C=O) groups excluding carboxylic acids is 4. The molecule has 30 heavy (non-hydrogen) atoms. The molecule has 0 saturated heterocycles. The van der Waals surface area contributed by atoms with Crippen molar-refractivity contribution in [3.8, 4) is 0 Å². The summed E-state index contributed by atoms with van der Waals surface area (Å²) in [4.78, 5) is 59.2. The van der Waals surface area contributed by atoms with Crippen LogP contribution in [0.15, 0.2) is 0 Å². The summed E-state index contributed by atoms with van der Waals surface area (Å²) in [6, 6.07) is -5.18. The van der Waals surface area contributed by atoms with E-state index < -0.39 is 66.3 Å². The Morgan fingerprint density at radius 3 is 1.87 bits per heavy atom. The van der Waals surface area contributed by atoms with Crippen LogP contribution in [0.2, 0.25) is 0 Å². The van der Waals surface area contributed by atoms with E-state index in [1.807, 2.05) is 0 Å². The van der Waals surface area contributed by atoms with Crippen LogP contribution in [0.4, 0.5) is 0 Å². The van der Waals surface area contributed by atoms with Gasteiger partial charge < -0.3 is 37.6 Å². The van der Waals surface area contributed by atoms with Crippen molar-refractivity contribution in [1.29, 1.82) is 0 Å². The van der Waals surface area contributed by atoms with Crippen molar-refractivity contribution in [1.82, 2.24) is 16.0 Å². The van der Waals surface area contributed by atoms with Gasteiger partial charge in [-0.1, -0.05) is 13.8 Å². The van der Waals surface area contributed by atoms with Gasteiger partial charge in [0, 0.05) is 5.75 Å². The zero-order chi connectivity index (χ0) is 23.6. The van der Waals surface area contributed by atoms with Gasteiger partial charge in [0.25, 0.3) is 0 Å². The predicted octanol–water partition coefficient (Wildman–Crippen LogP) is -2.92. The molecule has 13 heteroatoms. The van der Waals surface area contributed by atoms with Gasteiger partial charge in [0.1, 0.15) is 18.1 Å². The Balaban J connectivity index is 5.35. The topological polar surface area (TPSA) is 214 Å². The third-order valence-electron chi connectivity index (χ3n) is 3.96. The Labute approximate surface area is 179 Å². The van der Waals surface area contributed by atoms with Crippen molar-refractivity contribution in [2.45, 2.75) is 63.9 Å². The van der Waals surface area contributed by atoms with Gasteiger partial charge in [0.05, 0.1) is 18.6 Å². The standard InChI is InChI=1S/C17H31N5O7S/c1-7(2)4-10(15(26)21-11(6-30)17(28)29)20-16(27)13(8(3)23)22-14(25)9(18)5-12(19)24/h7-11,13,23,30H,4-6,18H2,1-3H3,(H2,19,24)(H,20,27)(H,21,26)(H,22,25)(H,28,29). The van der Waals surface area contributed by atoms with E-state index in [9.17, 15) is 29.1 Å². The smallest absolute Gasteiger partial charge is 0.327 e. The second kappa shape index (κ2) is 13.0. The van der Waals surface area contributed by atoms with Crippen LogP contribution in [0.25, 0.3) is 0 Å². The largest absolute Gasteiger partial charge is 0.480 e. The average molecular weight is 450 g/mol. The Kier molecular flexibility index (Phi) is 12.0. The Hall–Kier alpha value is -2.38. The van der Waals surface area contributed by atoms with Crippen LogP contribution in [0.1, 0.15) is 33.6 Å². The SMILES string of the molecule is CC(C)CC(NC(=O)C(NC(=O)C(N)CC(N)=O)C(C)O)C(=O)NC(CS)C(=O)O. The van der Waals surface area contributed by atoms with Crippen molar-refractivity contribution in [2.75, 3.05) is 5.75 Å². The molecule has 0 aliphatic rings. The number of nitrogens with two attached hydrogens (primary N) is 2. The lowest BCUT2D eigenvalue weighted by atomic mass is 10.0. The van der Waals surface area contributed by atoms with Gasteiger partial charge in [0.2, 0.25) is 23.6 Å². The molecular formula is C17H31N5O7S. The molecule has 0 aromatic carbocycles. The lowest BCUT2D eigenvalue weighted by molar-refractivity contribution is -0.141. The van der Waals surface area contributed by atoms with Crippen LogP contribution in [-0.2, 0) is 24.0 Å². The maximum Gasteiger partial charge on any atom is 0.327 e. The van der Waals surface area contributed by atoms with Gasteiger partial charge >= 0.3 is 5.97 Å². The summed E-state index contributed by atoms with van der Waals surface area (Å²) in [5.74, 6) is -4.84. The van der Waals surface area contributed by atoms with Crippen LogP contribution in [-0.4, -0.2) is 75.8 Å². The lowest BCUT2D eigenvalue weighted by Crippen LogP contribution is -2.60. The minimum atomic E-state index is -1.47. The third-order valence-corrected chi connectivity index (χ3v) is 4.32. The number of aliphatic carboxylic acids is 1. The number of carboxylic acid groups (broad SMARTS) is 1. The minimum Gasteiger partial charge on any atom is -0.480 e. The van der Waals surface area contributed by atoms with Crippen molar-refractivity contribution in [3.05, 3.63) is 0 Å². The molecule has 12 nitrogen and oxygen atoms in total. The summed E-state index contributed by atoms with van der Waals surface area (Å²) < 4.78 is 0. The summed E-state index contributed by atoms with van der Waals surface area (Å²) >= 11 is 3.87. The first kappa shape index (κ1) is 27.6. The Morgan fingerprint density at radius 1 is 0.933 bits per heavy atom. The molecule has 0 aliphatic carbocycles. The number of thiol groups is 1. The van der Waals surface area contributed by atoms with Crippen molar-refractivity contribution in [2.24, 2.45) is 17.4 Å². The fourth-order valence-electron chi connectivity index (χ4n) is 2.40. The van der Waals surface area contributed by atoms with E-state index in [0.717, 1.165) is 0 Å². The van der Waals surface area contributed by atoms with Crippen molar-refractivity contribution >= 4 is 42.2 Å². The fraction of sp³-hybridized carbons (Fsp3) is 0.706. The summed E-state index contributed by atoms with van der Waals surface area (Å²) in [7, 11) is 0. The fourth-order valence-corrected chi connectivity index (χ4v) is 2.64. The van der Waals surface area contributed by atoms with Gasteiger partial charge in [-0.15, -0.1) is 0 Å². The molecule has 0 heterocycles. The monoisotopic (exact) mass is 449 g/mol. The summed E-state index contributed by atoms with van der Waals surface area (Å²) in [5, 5.41) is 25.9. The maximum absolute atomic E-state index is 12.6. The molecule has 0 saturated carbocycles. The molecule has 0 aliphatic heterocycles. The molecular weight excluding hydrogens is 418 g/mol. The average Bonchev–Trinajstić information content (AvgIpc) is 2.61. The summed E-state index contributed by atoms with van der Waals surface area (Å²) in [6.07, 6.45) is -1.65. The zero-order valence-electron chi connectivity index (χ0n) is 17.1. The highest BCUT2D eigenvalue weighted by atomic mass is 32.1. The van der Waals surface area contributed by atoms with Crippen LogP contribution >= 0.6 is 12.6 Å². The van der Waals surface area contributed by atoms with E-state index in [0.29, 0.717) is 0 Å². The van der Waals surface area contributed by atoms with Gasteiger partial charge in [-0.05, 0) is 19.3 Å². The molecule has 0 fully saturated rings. The number of rotatable bonds is 13. The van der Waals surface area contributed by atoms with Crippen LogP contribution in [0.5, 0.6) is 0 Å². The van der Waals surface area contributed by atoms with E-state index in [2.05, 4.69) is 28.6 Å². The first-order chi connectivity index (χ1) is 13.8. The normalized spacial score (nSPS) is 16.0. The van der Waals surface area contributed by atoms with Gasteiger partial charge in [-0.2, -0.15) is 12.6 Å². The van der Waals surface area contributed by atoms with Gasteiger partial charge in [-0.25, -0.2) is 4.79 Å². The number of nitrogens with one attached hydrogen (secondary N) is 3. The maximum atomic E-state index is 12.6. The molecule has 9 N–H and O–H groups in total. The van der Waals surface area contributed by atoms with Crippen LogP contribution in [0, 0.1) is 5.92 Å².